The summed E-state index contributed by atoms with van der Waals surface area (Å²) in [6.07, 6.45) is 22.3. The number of unbranched alkanes of at least 4 members (excludes halogenated alkanes) is 15. The Balaban J connectivity index is 3.69. The predicted molar refractivity (Wildman–Crippen MR) is 157 cm³/mol. The second-order valence-electron chi connectivity index (χ2n) is 11.2. The molecule has 6 nitrogen and oxygen atoms in total. The SMILES string of the molecule is CCCCCCCCCCCCCCCCCCSCC(CCOC)OP(=O)(O)OCC[N+](C)(C)C. The fourth-order valence-corrected chi connectivity index (χ4v) is 6.13. The molecule has 0 rings (SSSR count). The van der Waals surface area contributed by atoms with E-state index in [9.17, 15) is 9.46 Å². The van der Waals surface area contributed by atoms with Crippen molar-refractivity contribution in [3.05, 3.63) is 0 Å². The third-order valence-electron chi connectivity index (χ3n) is 6.39. The normalized spacial score (nSPS) is 14.7. The van der Waals surface area contributed by atoms with E-state index in [1.807, 2.05) is 21.1 Å². The van der Waals surface area contributed by atoms with Gasteiger partial charge in [-0.1, -0.05) is 103 Å². The molecule has 0 aliphatic heterocycles. The Morgan fingerprint density at radius 2 is 1.25 bits per heavy atom. The summed E-state index contributed by atoms with van der Waals surface area (Å²) in [5.74, 6) is 1.74. The van der Waals surface area contributed by atoms with E-state index in [4.69, 9.17) is 13.8 Å². The van der Waals surface area contributed by atoms with Crippen LogP contribution < -0.4 is 0 Å². The van der Waals surface area contributed by atoms with Gasteiger partial charge in [-0.3, -0.25) is 9.05 Å². The van der Waals surface area contributed by atoms with Crippen molar-refractivity contribution >= 4 is 19.6 Å². The summed E-state index contributed by atoms with van der Waals surface area (Å²) >= 11 is 1.80. The molecule has 0 aromatic heterocycles. The molecule has 0 heterocycles. The first kappa shape index (κ1) is 36.4. The van der Waals surface area contributed by atoms with Gasteiger partial charge in [-0.25, -0.2) is 4.57 Å². The Morgan fingerprint density at radius 3 is 1.69 bits per heavy atom. The molecule has 0 saturated heterocycles. The average Bonchev–Trinajstić information content (AvgIpc) is 2.80. The lowest BCUT2D eigenvalue weighted by atomic mass is 10.0. The minimum atomic E-state index is -4.05. The van der Waals surface area contributed by atoms with E-state index in [-0.39, 0.29) is 12.7 Å². The van der Waals surface area contributed by atoms with Crippen molar-refractivity contribution in [3.63, 3.8) is 0 Å². The molecular weight excluding hydrogens is 493 g/mol. The quantitative estimate of drug-likeness (QED) is 0.0597. The van der Waals surface area contributed by atoms with Crippen LogP contribution in [0.5, 0.6) is 0 Å². The molecule has 0 aromatic carbocycles. The zero-order valence-electron chi connectivity index (χ0n) is 24.5. The lowest BCUT2D eigenvalue weighted by Crippen LogP contribution is -2.37. The summed E-state index contributed by atoms with van der Waals surface area (Å²) in [6.45, 7) is 3.62. The Kier molecular flexibility index (Phi) is 24.7. The van der Waals surface area contributed by atoms with Crippen molar-refractivity contribution in [1.29, 1.82) is 0 Å². The molecule has 0 spiro atoms. The van der Waals surface area contributed by atoms with E-state index in [0.29, 0.717) is 29.8 Å². The number of thioether (sulfide) groups is 1. The van der Waals surface area contributed by atoms with Gasteiger partial charge in [0.1, 0.15) is 13.2 Å². The Hall–Kier alpha value is 0.380. The number of methoxy groups -OCH3 is 1. The number of hydrogen-bond acceptors (Lipinski definition) is 5. The van der Waals surface area contributed by atoms with Crippen LogP contribution in [0, 0.1) is 0 Å². The van der Waals surface area contributed by atoms with Crippen LogP contribution in [-0.4, -0.2) is 75.0 Å². The lowest BCUT2D eigenvalue weighted by Gasteiger charge is -2.25. The van der Waals surface area contributed by atoms with Gasteiger partial charge in [0, 0.05) is 19.5 Å². The summed E-state index contributed by atoms with van der Waals surface area (Å²) < 4.78 is 28.8. The largest absolute Gasteiger partial charge is 0.472 e. The van der Waals surface area contributed by atoms with E-state index in [1.54, 1.807) is 18.9 Å². The van der Waals surface area contributed by atoms with Crippen molar-refractivity contribution in [1.82, 2.24) is 0 Å². The first-order valence-corrected chi connectivity index (χ1v) is 17.4. The molecule has 0 bridgehead atoms. The standard InChI is InChI=1S/C28H60NO5PS/c1-6-7-8-9-10-11-12-13-14-15-16-17-18-19-20-21-26-36-27-28(22-24-32-5)34-35(30,31)33-25-23-29(2,3)4/h28H,6-27H2,1-5H3/p+1. The smallest absolute Gasteiger partial charge is 0.385 e. The molecule has 1 N–H and O–H groups in total. The maximum Gasteiger partial charge on any atom is 0.472 e. The molecule has 0 fully saturated rings. The van der Waals surface area contributed by atoms with E-state index >= 15 is 0 Å². The predicted octanol–water partition coefficient (Wildman–Crippen LogP) is 8.23. The monoisotopic (exact) mass is 554 g/mol. The van der Waals surface area contributed by atoms with Crippen molar-refractivity contribution in [2.24, 2.45) is 0 Å². The van der Waals surface area contributed by atoms with E-state index in [1.165, 1.54) is 103 Å². The summed E-state index contributed by atoms with van der Waals surface area (Å²) in [7, 11) is 3.64. The van der Waals surface area contributed by atoms with Crippen LogP contribution in [0.15, 0.2) is 0 Å². The first-order valence-electron chi connectivity index (χ1n) is 14.7. The van der Waals surface area contributed by atoms with Crippen LogP contribution >= 0.6 is 19.6 Å². The summed E-state index contributed by atoms with van der Waals surface area (Å²) in [6, 6.07) is 0. The maximum absolute atomic E-state index is 12.3. The van der Waals surface area contributed by atoms with Gasteiger partial charge in [-0.05, 0) is 18.6 Å². The third kappa shape index (κ3) is 27.4. The molecule has 2 unspecified atom stereocenters. The molecule has 0 aromatic rings. The lowest BCUT2D eigenvalue weighted by molar-refractivity contribution is -0.870. The summed E-state index contributed by atoms with van der Waals surface area (Å²) in [5, 5.41) is 0. The fourth-order valence-electron chi connectivity index (χ4n) is 4.03. The molecule has 8 heteroatoms. The molecule has 0 amide bonds. The van der Waals surface area contributed by atoms with Crippen LogP contribution in [0.1, 0.15) is 116 Å². The summed E-state index contributed by atoms with van der Waals surface area (Å²) in [5.41, 5.74) is 0. The van der Waals surface area contributed by atoms with E-state index in [0.717, 1.165) is 5.75 Å². The van der Waals surface area contributed by atoms with E-state index in [2.05, 4.69) is 6.92 Å². The van der Waals surface area contributed by atoms with Crippen molar-refractivity contribution < 1.29 is 27.7 Å². The number of hydrogen-bond donors (Lipinski definition) is 1. The zero-order valence-corrected chi connectivity index (χ0v) is 26.2. The second-order valence-corrected chi connectivity index (χ2v) is 13.8. The highest BCUT2D eigenvalue weighted by atomic mass is 32.2. The Morgan fingerprint density at radius 1 is 0.778 bits per heavy atom. The van der Waals surface area contributed by atoms with Crippen LogP contribution in [-0.2, 0) is 18.3 Å². The number of quaternary nitrogens is 1. The number of rotatable bonds is 28. The van der Waals surface area contributed by atoms with Gasteiger partial charge in [-0.15, -0.1) is 0 Å². The van der Waals surface area contributed by atoms with Crippen LogP contribution in [0.2, 0.25) is 0 Å². The summed E-state index contributed by atoms with van der Waals surface area (Å²) in [4.78, 5) is 10.1. The molecule has 36 heavy (non-hydrogen) atoms. The number of likely N-dealkylation sites (N-methyl/N-ethyl adjacent to an activating group) is 1. The zero-order chi connectivity index (χ0) is 27.0. The highest BCUT2D eigenvalue weighted by Crippen LogP contribution is 2.45. The highest BCUT2D eigenvalue weighted by Gasteiger charge is 2.27. The van der Waals surface area contributed by atoms with Crippen LogP contribution in [0.3, 0.4) is 0 Å². The molecule has 0 radical (unpaired) electrons. The molecule has 218 valence electrons. The van der Waals surface area contributed by atoms with Gasteiger partial charge >= 0.3 is 7.82 Å². The first-order chi connectivity index (χ1) is 17.2. The third-order valence-corrected chi connectivity index (χ3v) is 8.65. The minimum absolute atomic E-state index is 0.195. The average molecular weight is 555 g/mol. The van der Waals surface area contributed by atoms with E-state index < -0.39 is 7.82 Å². The molecule has 0 aliphatic rings. The second kappa shape index (κ2) is 24.4. The number of phosphoric acid groups is 1. The van der Waals surface area contributed by atoms with Crippen molar-refractivity contribution in [3.8, 4) is 0 Å². The van der Waals surface area contributed by atoms with Gasteiger partial charge in [0.2, 0.25) is 0 Å². The van der Waals surface area contributed by atoms with Gasteiger partial charge in [0.05, 0.1) is 27.2 Å². The fraction of sp³-hybridized carbons (Fsp3) is 1.00. The molecular formula is C28H61NO5PS+. The molecule has 0 aliphatic carbocycles. The van der Waals surface area contributed by atoms with Crippen LogP contribution in [0.4, 0.5) is 0 Å². The van der Waals surface area contributed by atoms with Crippen molar-refractivity contribution in [2.45, 2.75) is 122 Å². The highest BCUT2D eigenvalue weighted by molar-refractivity contribution is 7.99. The van der Waals surface area contributed by atoms with Crippen LogP contribution in [0.25, 0.3) is 0 Å². The number of nitrogens with zero attached hydrogens (tertiary/aromatic N) is 1. The van der Waals surface area contributed by atoms with Gasteiger partial charge < -0.3 is 14.1 Å². The maximum atomic E-state index is 12.3. The number of ether oxygens (including phenoxy) is 1. The minimum Gasteiger partial charge on any atom is -0.385 e. The Labute approximate surface area is 228 Å². The topological polar surface area (TPSA) is 65.0 Å². The van der Waals surface area contributed by atoms with Gasteiger partial charge in [0.15, 0.2) is 0 Å². The number of phosphoric ester groups is 1. The molecule has 2 atom stereocenters. The van der Waals surface area contributed by atoms with Gasteiger partial charge in [-0.2, -0.15) is 11.8 Å². The molecule has 0 saturated carbocycles. The Bertz CT molecular complexity index is 519. The van der Waals surface area contributed by atoms with Crippen molar-refractivity contribution in [2.75, 3.05) is 59.5 Å². The van der Waals surface area contributed by atoms with Gasteiger partial charge in [0.25, 0.3) is 0 Å².